The smallest absolute Gasteiger partial charge is 0.0414 e. The lowest BCUT2D eigenvalue weighted by Crippen LogP contribution is -2.08. The van der Waals surface area contributed by atoms with E-state index >= 15 is 0 Å². The monoisotopic (exact) mass is 309 g/mol. The predicted molar refractivity (Wildman–Crippen MR) is 104 cm³/mol. The molecule has 0 radical (unpaired) electrons. The number of fused-ring (bicyclic) bond motifs is 1. The van der Waals surface area contributed by atoms with Crippen molar-refractivity contribution in [3.05, 3.63) is 97.1 Å². The molecule has 0 N–H and O–H groups in total. The lowest BCUT2D eigenvalue weighted by Gasteiger charge is -2.20. The first-order valence-corrected chi connectivity index (χ1v) is 8.20. The van der Waals surface area contributed by atoms with Crippen LogP contribution < -0.4 is 4.90 Å². The van der Waals surface area contributed by atoms with Gasteiger partial charge in [-0.25, -0.2) is 0 Å². The maximum Gasteiger partial charge on any atom is 0.0414 e. The predicted octanol–water partition coefficient (Wildman–Crippen LogP) is 6.27. The summed E-state index contributed by atoms with van der Waals surface area (Å²) in [6.07, 6.45) is 0. The van der Waals surface area contributed by atoms with E-state index in [-0.39, 0.29) is 0 Å². The summed E-state index contributed by atoms with van der Waals surface area (Å²) in [6, 6.07) is 34.2. The van der Waals surface area contributed by atoms with Gasteiger partial charge < -0.3 is 4.90 Å². The van der Waals surface area contributed by atoms with Crippen molar-refractivity contribution < 1.29 is 0 Å². The topological polar surface area (TPSA) is 3.24 Å². The van der Waals surface area contributed by atoms with Crippen molar-refractivity contribution in [3.8, 4) is 11.1 Å². The van der Waals surface area contributed by atoms with Gasteiger partial charge in [-0.2, -0.15) is 0 Å². The molecule has 0 aliphatic rings. The van der Waals surface area contributed by atoms with Crippen LogP contribution in [-0.4, -0.2) is 7.05 Å². The minimum Gasteiger partial charge on any atom is -0.345 e. The number of anilines is 2. The van der Waals surface area contributed by atoms with Crippen LogP contribution >= 0.6 is 0 Å². The van der Waals surface area contributed by atoms with Gasteiger partial charge >= 0.3 is 0 Å². The van der Waals surface area contributed by atoms with Crippen LogP contribution in [0.15, 0.2) is 97.1 Å². The fraction of sp³-hybridized carbons (Fsp3) is 0.0435. The van der Waals surface area contributed by atoms with Crippen LogP contribution in [0, 0.1) is 0 Å². The molecule has 4 aromatic rings. The largest absolute Gasteiger partial charge is 0.345 e. The normalized spacial score (nSPS) is 10.7. The van der Waals surface area contributed by atoms with Crippen LogP contribution in [0.25, 0.3) is 21.9 Å². The number of benzene rings is 4. The van der Waals surface area contributed by atoms with Crippen molar-refractivity contribution >= 4 is 22.1 Å². The van der Waals surface area contributed by atoms with Gasteiger partial charge in [0.2, 0.25) is 0 Å². The summed E-state index contributed by atoms with van der Waals surface area (Å²) in [4.78, 5) is 2.22. The summed E-state index contributed by atoms with van der Waals surface area (Å²) < 4.78 is 0. The SMILES string of the molecule is CN(c1ccccc1)c1ccc2cccc(-c3ccccc3)c2c1. The lowest BCUT2D eigenvalue weighted by atomic mass is 9.98. The Hall–Kier alpha value is -3.06. The first-order valence-electron chi connectivity index (χ1n) is 8.20. The van der Waals surface area contributed by atoms with Crippen molar-refractivity contribution in [2.75, 3.05) is 11.9 Å². The fourth-order valence-electron chi connectivity index (χ4n) is 3.14. The minimum atomic E-state index is 1.19. The van der Waals surface area contributed by atoms with E-state index in [0.717, 1.165) is 0 Å². The fourth-order valence-corrected chi connectivity index (χ4v) is 3.14. The van der Waals surface area contributed by atoms with Gasteiger partial charge in [0, 0.05) is 18.4 Å². The number of hydrogen-bond donors (Lipinski definition) is 0. The average molecular weight is 309 g/mol. The molecule has 116 valence electrons. The summed E-state index contributed by atoms with van der Waals surface area (Å²) in [7, 11) is 2.11. The number of hydrogen-bond acceptors (Lipinski definition) is 1. The van der Waals surface area contributed by atoms with Crippen LogP contribution in [-0.2, 0) is 0 Å². The summed E-state index contributed by atoms with van der Waals surface area (Å²) in [6.45, 7) is 0. The van der Waals surface area contributed by atoms with Crippen LogP contribution in [0.5, 0.6) is 0 Å². The van der Waals surface area contributed by atoms with Crippen LogP contribution in [0.3, 0.4) is 0 Å². The molecule has 0 saturated carbocycles. The molecule has 0 unspecified atom stereocenters. The molecular weight excluding hydrogens is 290 g/mol. The molecule has 1 heteroatoms. The third-order valence-electron chi connectivity index (χ3n) is 4.48. The number of rotatable bonds is 3. The zero-order chi connectivity index (χ0) is 16.4. The van der Waals surface area contributed by atoms with E-state index in [0.29, 0.717) is 0 Å². The molecule has 0 spiro atoms. The van der Waals surface area contributed by atoms with Gasteiger partial charge in [0.15, 0.2) is 0 Å². The highest BCUT2D eigenvalue weighted by Gasteiger charge is 2.08. The van der Waals surface area contributed by atoms with Gasteiger partial charge in [-0.3, -0.25) is 0 Å². The molecule has 1 nitrogen and oxygen atoms in total. The van der Waals surface area contributed by atoms with Crippen LogP contribution in [0.2, 0.25) is 0 Å². The molecule has 0 amide bonds. The Kier molecular flexibility index (Phi) is 3.76. The minimum absolute atomic E-state index is 1.19. The van der Waals surface area contributed by atoms with Crippen molar-refractivity contribution in [2.45, 2.75) is 0 Å². The van der Waals surface area contributed by atoms with E-state index in [2.05, 4.69) is 103 Å². The van der Waals surface area contributed by atoms with Gasteiger partial charge in [0.05, 0.1) is 0 Å². The van der Waals surface area contributed by atoms with E-state index in [1.54, 1.807) is 0 Å². The Morgan fingerprint density at radius 3 is 2.04 bits per heavy atom. The van der Waals surface area contributed by atoms with Gasteiger partial charge in [0.25, 0.3) is 0 Å². The van der Waals surface area contributed by atoms with Crippen molar-refractivity contribution in [1.29, 1.82) is 0 Å². The van der Waals surface area contributed by atoms with Crippen molar-refractivity contribution in [2.24, 2.45) is 0 Å². The quantitative estimate of drug-likeness (QED) is 0.431. The number of nitrogens with zero attached hydrogens (tertiary/aromatic N) is 1. The third-order valence-corrected chi connectivity index (χ3v) is 4.48. The van der Waals surface area contributed by atoms with Crippen molar-refractivity contribution in [1.82, 2.24) is 0 Å². The highest BCUT2D eigenvalue weighted by atomic mass is 15.1. The first kappa shape index (κ1) is 14.5. The summed E-state index contributed by atoms with van der Waals surface area (Å²) in [5.74, 6) is 0. The Morgan fingerprint density at radius 1 is 0.583 bits per heavy atom. The first-order chi connectivity index (χ1) is 11.8. The Labute approximate surface area is 142 Å². The van der Waals surface area contributed by atoms with Gasteiger partial charge in [0.1, 0.15) is 0 Å². The van der Waals surface area contributed by atoms with Crippen LogP contribution in [0.1, 0.15) is 0 Å². The molecule has 24 heavy (non-hydrogen) atoms. The molecule has 0 bridgehead atoms. The zero-order valence-corrected chi connectivity index (χ0v) is 13.7. The molecule has 0 aromatic heterocycles. The summed E-state index contributed by atoms with van der Waals surface area (Å²) >= 11 is 0. The molecule has 0 heterocycles. The Balaban J connectivity index is 1.86. The second kappa shape index (κ2) is 6.21. The maximum absolute atomic E-state index is 2.28. The summed E-state index contributed by atoms with van der Waals surface area (Å²) in [5, 5.41) is 2.55. The number of para-hydroxylation sites is 1. The molecule has 0 atom stereocenters. The Morgan fingerprint density at radius 2 is 1.29 bits per heavy atom. The maximum atomic E-state index is 2.28. The Bertz CT molecular complexity index is 959. The van der Waals surface area contributed by atoms with E-state index in [1.807, 2.05) is 6.07 Å². The second-order valence-corrected chi connectivity index (χ2v) is 5.97. The highest BCUT2D eigenvalue weighted by Crippen LogP contribution is 2.33. The second-order valence-electron chi connectivity index (χ2n) is 5.97. The van der Waals surface area contributed by atoms with Crippen molar-refractivity contribution in [3.63, 3.8) is 0 Å². The molecule has 0 aliphatic heterocycles. The van der Waals surface area contributed by atoms with Gasteiger partial charge in [-0.1, -0.05) is 72.8 Å². The van der Waals surface area contributed by atoms with Gasteiger partial charge in [-0.05, 0) is 46.2 Å². The van der Waals surface area contributed by atoms with E-state index in [9.17, 15) is 0 Å². The van der Waals surface area contributed by atoms with Gasteiger partial charge in [-0.15, -0.1) is 0 Å². The standard InChI is InChI=1S/C23H19N/c1-24(20-12-6-3-7-13-20)21-16-15-19-11-8-14-22(23(19)17-21)18-9-4-2-5-10-18/h2-17H,1H3. The molecular formula is C23H19N. The molecule has 0 aliphatic carbocycles. The third kappa shape index (κ3) is 2.65. The molecule has 0 saturated heterocycles. The zero-order valence-electron chi connectivity index (χ0n) is 13.7. The molecule has 4 aromatic carbocycles. The average Bonchev–Trinajstić information content (AvgIpc) is 2.68. The molecule has 4 rings (SSSR count). The summed E-state index contributed by atoms with van der Waals surface area (Å²) in [5.41, 5.74) is 4.91. The van der Waals surface area contributed by atoms with E-state index in [1.165, 1.54) is 33.3 Å². The van der Waals surface area contributed by atoms with E-state index in [4.69, 9.17) is 0 Å². The highest BCUT2D eigenvalue weighted by molar-refractivity contribution is 5.98. The van der Waals surface area contributed by atoms with E-state index < -0.39 is 0 Å². The van der Waals surface area contributed by atoms with Crippen LogP contribution in [0.4, 0.5) is 11.4 Å². The lowest BCUT2D eigenvalue weighted by molar-refractivity contribution is 1.21. The molecule has 0 fully saturated rings.